The Labute approximate surface area is 121 Å². The minimum absolute atomic E-state index is 0.0267. The van der Waals surface area contributed by atoms with Gasteiger partial charge in [0.2, 0.25) is 11.8 Å². The molecule has 1 heterocycles. The Balaban J connectivity index is 1.79. The Kier molecular flexibility index (Phi) is 3.02. The molecule has 3 fully saturated rings. The molecule has 2 aliphatic carbocycles. The van der Waals surface area contributed by atoms with Crippen molar-refractivity contribution >= 4 is 11.8 Å². The summed E-state index contributed by atoms with van der Waals surface area (Å²) in [6.07, 6.45) is 4.13. The largest absolute Gasteiger partial charge is 0.302 e. The lowest BCUT2D eigenvalue weighted by molar-refractivity contribution is -0.138. The minimum atomic E-state index is -0.303. The number of hydrogen-bond donors (Lipinski definition) is 1. The Hall–Kier alpha value is -0.900. The first-order valence-corrected chi connectivity index (χ1v) is 7.90. The maximum absolute atomic E-state index is 12.3. The van der Waals surface area contributed by atoms with Crippen molar-refractivity contribution in [1.82, 2.24) is 10.2 Å². The van der Waals surface area contributed by atoms with E-state index in [1.54, 1.807) is 0 Å². The summed E-state index contributed by atoms with van der Waals surface area (Å²) in [5.41, 5.74) is 0.507. The number of carbonyl (C=O) groups is 2. The highest BCUT2D eigenvalue weighted by Gasteiger charge is 2.60. The van der Waals surface area contributed by atoms with Gasteiger partial charge in [0.1, 0.15) is 0 Å². The molecule has 2 amide bonds. The molecule has 0 radical (unpaired) electrons. The predicted molar refractivity (Wildman–Crippen MR) is 77.0 cm³/mol. The first-order valence-electron chi connectivity index (χ1n) is 7.90. The van der Waals surface area contributed by atoms with E-state index in [9.17, 15) is 9.59 Å². The van der Waals surface area contributed by atoms with E-state index < -0.39 is 0 Å². The van der Waals surface area contributed by atoms with E-state index in [2.05, 4.69) is 26.1 Å². The van der Waals surface area contributed by atoms with Gasteiger partial charge in [-0.2, -0.15) is 0 Å². The third kappa shape index (κ3) is 1.77. The van der Waals surface area contributed by atoms with Gasteiger partial charge in [-0.15, -0.1) is 0 Å². The SMILES string of the molecule is CCN1C(=O)CC(NC2C3(C)CCC(C3)C2(C)C)C1=O. The zero-order valence-corrected chi connectivity index (χ0v) is 13.0. The van der Waals surface area contributed by atoms with E-state index in [4.69, 9.17) is 0 Å². The molecule has 1 N–H and O–H groups in total. The fraction of sp³-hybridized carbons (Fsp3) is 0.875. The third-order valence-electron chi connectivity index (χ3n) is 6.20. The van der Waals surface area contributed by atoms with E-state index in [0.717, 1.165) is 5.92 Å². The van der Waals surface area contributed by atoms with Crippen LogP contribution in [0.1, 0.15) is 53.4 Å². The van der Waals surface area contributed by atoms with Crippen molar-refractivity contribution in [2.75, 3.05) is 6.54 Å². The Morgan fingerprint density at radius 2 is 2.00 bits per heavy atom. The van der Waals surface area contributed by atoms with E-state index >= 15 is 0 Å². The molecule has 4 nitrogen and oxygen atoms in total. The monoisotopic (exact) mass is 278 g/mol. The molecule has 1 aliphatic heterocycles. The Bertz CT molecular complexity index is 455. The minimum Gasteiger partial charge on any atom is -0.302 e. The average molecular weight is 278 g/mol. The number of likely N-dealkylation sites (N-methyl/N-ethyl adjacent to an activating group) is 1. The quantitative estimate of drug-likeness (QED) is 0.803. The normalized spacial score (nSPS) is 42.8. The van der Waals surface area contributed by atoms with Crippen LogP contribution in [0.15, 0.2) is 0 Å². The number of fused-ring (bicyclic) bond motifs is 2. The molecule has 2 saturated carbocycles. The van der Waals surface area contributed by atoms with Crippen LogP contribution < -0.4 is 5.32 Å². The summed E-state index contributed by atoms with van der Waals surface area (Å²) < 4.78 is 0. The van der Waals surface area contributed by atoms with Crippen molar-refractivity contribution in [2.45, 2.75) is 65.5 Å². The van der Waals surface area contributed by atoms with Gasteiger partial charge in [0, 0.05) is 12.6 Å². The molecule has 3 aliphatic rings. The standard InChI is InChI=1S/C16H26N2O2/c1-5-18-12(19)8-11(13(18)20)17-14-15(2,3)10-6-7-16(14,4)9-10/h10-11,14,17H,5-9H2,1-4H3. The van der Waals surface area contributed by atoms with Crippen LogP contribution in [-0.4, -0.2) is 35.3 Å². The third-order valence-corrected chi connectivity index (χ3v) is 6.20. The summed E-state index contributed by atoms with van der Waals surface area (Å²) >= 11 is 0. The highest BCUT2D eigenvalue weighted by molar-refractivity contribution is 6.05. The lowest BCUT2D eigenvalue weighted by atomic mass is 9.68. The molecule has 3 rings (SSSR count). The van der Waals surface area contributed by atoms with E-state index in [0.29, 0.717) is 19.0 Å². The highest BCUT2D eigenvalue weighted by Crippen LogP contribution is 2.62. The van der Waals surface area contributed by atoms with Gasteiger partial charge in [-0.1, -0.05) is 20.8 Å². The lowest BCUT2D eigenvalue weighted by Crippen LogP contribution is -2.55. The van der Waals surface area contributed by atoms with Gasteiger partial charge < -0.3 is 5.32 Å². The smallest absolute Gasteiger partial charge is 0.246 e. The highest BCUT2D eigenvalue weighted by atomic mass is 16.2. The Morgan fingerprint density at radius 1 is 1.30 bits per heavy atom. The van der Waals surface area contributed by atoms with Gasteiger partial charge in [-0.3, -0.25) is 14.5 Å². The number of carbonyl (C=O) groups excluding carboxylic acids is 2. The molecule has 0 aromatic heterocycles. The number of hydrogen-bond acceptors (Lipinski definition) is 3. The average Bonchev–Trinajstić information content (AvgIpc) is 2.93. The van der Waals surface area contributed by atoms with Gasteiger partial charge in [0.25, 0.3) is 0 Å². The summed E-state index contributed by atoms with van der Waals surface area (Å²) in [4.78, 5) is 25.6. The van der Waals surface area contributed by atoms with Crippen molar-refractivity contribution in [3.05, 3.63) is 0 Å². The molecular formula is C16H26N2O2. The summed E-state index contributed by atoms with van der Waals surface area (Å²) in [6.45, 7) is 9.33. The molecule has 112 valence electrons. The fourth-order valence-corrected chi connectivity index (χ4v) is 5.06. The molecule has 20 heavy (non-hydrogen) atoms. The second-order valence-electron chi connectivity index (χ2n) is 7.75. The molecule has 0 aromatic rings. The zero-order chi connectivity index (χ0) is 14.7. The van der Waals surface area contributed by atoms with Gasteiger partial charge in [0.15, 0.2) is 0 Å². The van der Waals surface area contributed by atoms with Gasteiger partial charge in [0.05, 0.1) is 12.5 Å². The summed E-state index contributed by atoms with van der Waals surface area (Å²) in [5, 5.41) is 3.57. The van der Waals surface area contributed by atoms with Crippen molar-refractivity contribution < 1.29 is 9.59 Å². The fourth-order valence-electron chi connectivity index (χ4n) is 5.06. The lowest BCUT2D eigenvalue weighted by Gasteiger charge is -2.44. The second kappa shape index (κ2) is 4.30. The van der Waals surface area contributed by atoms with Crippen molar-refractivity contribution in [3.8, 4) is 0 Å². The van der Waals surface area contributed by atoms with Crippen molar-refractivity contribution in [3.63, 3.8) is 0 Å². The molecule has 1 saturated heterocycles. The molecule has 0 aromatic carbocycles. The van der Waals surface area contributed by atoms with Crippen molar-refractivity contribution in [2.24, 2.45) is 16.7 Å². The maximum Gasteiger partial charge on any atom is 0.246 e. The number of nitrogens with zero attached hydrogens (tertiary/aromatic N) is 1. The number of amides is 2. The van der Waals surface area contributed by atoms with Crippen LogP contribution in [0.5, 0.6) is 0 Å². The van der Waals surface area contributed by atoms with Gasteiger partial charge in [-0.05, 0) is 42.9 Å². The van der Waals surface area contributed by atoms with Crippen LogP contribution in [0, 0.1) is 16.7 Å². The number of nitrogens with one attached hydrogen (secondary N) is 1. The number of likely N-dealkylation sites (tertiary alicyclic amines) is 1. The van der Waals surface area contributed by atoms with Crippen LogP contribution in [-0.2, 0) is 9.59 Å². The molecular weight excluding hydrogens is 252 g/mol. The zero-order valence-electron chi connectivity index (χ0n) is 13.0. The van der Waals surface area contributed by atoms with Gasteiger partial charge >= 0.3 is 0 Å². The van der Waals surface area contributed by atoms with Crippen LogP contribution in [0.2, 0.25) is 0 Å². The molecule has 0 spiro atoms. The number of imide groups is 1. The second-order valence-corrected chi connectivity index (χ2v) is 7.75. The Morgan fingerprint density at radius 3 is 2.50 bits per heavy atom. The predicted octanol–water partition coefficient (Wildman–Crippen LogP) is 1.94. The molecule has 2 bridgehead atoms. The van der Waals surface area contributed by atoms with E-state index in [-0.39, 0.29) is 28.7 Å². The topological polar surface area (TPSA) is 49.4 Å². The molecule has 4 atom stereocenters. The summed E-state index contributed by atoms with van der Waals surface area (Å²) in [7, 11) is 0. The first kappa shape index (κ1) is 14.1. The molecule has 4 heteroatoms. The summed E-state index contributed by atoms with van der Waals surface area (Å²) in [6, 6.07) is 0.0372. The first-order chi connectivity index (χ1) is 9.29. The maximum atomic E-state index is 12.3. The number of rotatable bonds is 3. The summed E-state index contributed by atoms with van der Waals surface area (Å²) in [5.74, 6) is 0.695. The van der Waals surface area contributed by atoms with E-state index in [1.807, 2.05) is 6.92 Å². The van der Waals surface area contributed by atoms with Crippen LogP contribution >= 0.6 is 0 Å². The van der Waals surface area contributed by atoms with Crippen LogP contribution in [0.25, 0.3) is 0 Å². The van der Waals surface area contributed by atoms with Crippen LogP contribution in [0.3, 0.4) is 0 Å². The van der Waals surface area contributed by atoms with Crippen molar-refractivity contribution in [1.29, 1.82) is 0 Å². The molecule has 4 unspecified atom stereocenters. The van der Waals surface area contributed by atoms with Gasteiger partial charge in [-0.25, -0.2) is 0 Å². The van der Waals surface area contributed by atoms with E-state index in [1.165, 1.54) is 24.2 Å². The van der Waals surface area contributed by atoms with Crippen LogP contribution in [0.4, 0.5) is 0 Å².